The van der Waals surface area contributed by atoms with Crippen molar-refractivity contribution in [3.63, 3.8) is 0 Å². The van der Waals surface area contributed by atoms with Gasteiger partial charge in [0.05, 0.1) is 10.4 Å². The Morgan fingerprint density at radius 2 is 1.94 bits per heavy atom. The second-order valence-corrected chi connectivity index (χ2v) is 6.29. The summed E-state index contributed by atoms with van der Waals surface area (Å²) in [5.74, 6) is 0.807. The first-order valence-electron chi connectivity index (χ1n) is 4.42. The standard InChI is InChI=1S/C10H8Cl2N2S2/c11-7-1-6(2-8(12)3-7)5-15-9-4-14-10(13)16-9/h1-4H,5H2,(H2,13,14). The molecule has 0 amide bonds. The topological polar surface area (TPSA) is 38.9 Å². The summed E-state index contributed by atoms with van der Waals surface area (Å²) in [6.07, 6.45) is 1.77. The number of hydrogen-bond donors (Lipinski definition) is 1. The molecule has 2 N–H and O–H groups in total. The minimum absolute atomic E-state index is 0.589. The van der Waals surface area contributed by atoms with Crippen LogP contribution in [0.25, 0.3) is 0 Å². The fourth-order valence-electron chi connectivity index (χ4n) is 1.19. The zero-order valence-corrected chi connectivity index (χ0v) is 11.3. The van der Waals surface area contributed by atoms with Crippen molar-refractivity contribution in [2.75, 3.05) is 5.73 Å². The van der Waals surface area contributed by atoms with Gasteiger partial charge < -0.3 is 5.73 Å². The molecule has 0 atom stereocenters. The molecule has 84 valence electrons. The number of aromatic nitrogens is 1. The van der Waals surface area contributed by atoms with Gasteiger partial charge in [0.2, 0.25) is 0 Å². The molecule has 16 heavy (non-hydrogen) atoms. The molecular formula is C10H8Cl2N2S2. The zero-order chi connectivity index (χ0) is 11.5. The van der Waals surface area contributed by atoms with Gasteiger partial charge in [-0.2, -0.15) is 0 Å². The van der Waals surface area contributed by atoms with E-state index >= 15 is 0 Å². The Balaban J connectivity index is 2.04. The number of benzene rings is 1. The smallest absolute Gasteiger partial charge is 0.181 e. The third kappa shape index (κ3) is 3.28. The molecule has 0 saturated carbocycles. The predicted molar refractivity (Wildman–Crippen MR) is 72.5 cm³/mol. The molecule has 0 aliphatic heterocycles. The minimum atomic E-state index is 0.589. The van der Waals surface area contributed by atoms with Gasteiger partial charge >= 0.3 is 0 Å². The van der Waals surface area contributed by atoms with Crippen molar-refractivity contribution in [3.05, 3.63) is 40.0 Å². The van der Waals surface area contributed by atoms with Crippen LogP contribution in [0.2, 0.25) is 10.0 Å². The maximum Gasteiger partial charge on any atom is 0.181 e. The first-order valence-corrected chi connectivity index (χ1v) is 6.98. The van der Waals surface area contributed by atoms with Crippen molar-refractivity contribution in [2.45, 2.75) is 9.96 Å². The van der Waals surface area contributed by atoms with Crippen molar-refractivity contribution in [3.8, 4) is 0 Å². The summed E-state index contributed by atoms with van der Waals surface area (Å²) in [6, 6.07) is 5.54. The third-order valence-corrected chi connectivity index (χ3v) is 4.33. The third-order valence-electron chi connectivity index (χ3n) is 1.81. The van der Waals surface area contributed by atoms with E-state index in [0.29, 0.717) is 15.2 Å². The molecule has 2 nitrogen and oxygen atoms in total. The Morgan fingerprint density at radius 3 is 2.50 bits per heavy atom. The lowest BCUT2D eigenvalue weighted by Crippen LogP contribution is -1.80. The van der Waals surface area contributed by atoms with Gasteiger partial charge in [0.15, 0.2) is 5.13 Å². The van der Waals surface area contributed by atoms with Crippen LogP contribution in [0.1, 0.15) is 5.56 Å². The number of nitrogens with zero attached hydrogens (tertiary/aromatic N) is 1. The number of thioether (sulfide) groups is 1. The van der Waals surface area contributed by atoms with Crippen LogP contribution >= 0.6 is 46.3 Å². The number of nitrogen functional groups attached to an aromatic ring is 1. The van der Waals surface area contributed by atoms with E-state index in [2.05, 4.69) is 4.98 Å². The molecule has 6 heteroatoms. The Bertz CT molecular complexity index is 479. The summed E-state index contributed by atoms with van der Waals surface area (Å²) in [5.41, 5.74) is 6.64. The fraction of sp³-hybridized carbons (Fsp3) is 0.100. The number of nitrogens with two attached hydrogens (primary N) is 1. The first kappa shape index (κ1) is 12.0. The van der Waals surface area contributed by atoms with Crippen LogP contribution < -0.4 is 5.73 Å². The van der Waals surface area contributed by atoms with Gasteiger partial charge in [-0.25, -0.2) is 4.98 Å². The van der Waals surface area contributed by atoms with E-state index in [1.54, 1.807) is 24.0 Å². The molecule has 2 rings (SSSR count). The lowest BCUT2D eigenvalue weighted by molar-refractivity contribution is 1.36. The SMILES string of the molecule is Nc1ncc(SCc2cc(Cl)cc(Cl)c2)s1. The number of hydrogen-bond acceptors (Lipinski definition) is 4. The van der Waals surface area contributed by atoms with Crippen LogP contribution in [0.5, 0.6) is 0 Å². The lowest BCUT2D eigenvalue weighted by Gasteiger charge is -2.01. The van der Waals surface area contributed by atoms with E-state index in [0.717, 1.165) is 15.5 Å². The monoisotopic (exact) mass is 290 g/mol. The molecule has 0 bridgehead atoms. The van der Waals surface area contributed by atoms with E-state index in [9.17, 15) is 0 Å². The number of anilines is 1. The normalized spacial score (nSPS) is 10.6. The van der Waals surface area contributed by atoms with Gasteiger partial charge in [0, 0.05) is 15.8 Å². The average Bonchev–Trinajstić information content (AvgIpc) is 2.60. The summed E-state index contributed by atoms with van der Waals surface area (Å²) in [6.45, 7) is 0. The predicted octanol–water partition coefficient (Wildman–Crippen LogP) is 4.32. The summed E-state index contributed by atoms with van der Waals surface area (Å²) < 4.78 is 1.09. The summed E-state index contributed by atoms with van der Waals surface area (Å²) in [4.78, 5) is 3.99. The van der Waals surface area contributed by atoms with Crippen LogP contribution in [0.3, 0.4) is 0 Å². The first-order chi connectivity index (χ1) is 7.63. The molecule has 0 saturated heterocycles. The molecule has 2 aromatic rings. The van der Waals surface area contributed by atoms with Gasteiger partial charge in [-0.3, -0.25) is 0 Å². The minimum Gasteiger partial charge on any atom is -0.375 e. The molecule has 1 aromatic heterocycles. The number of rotatable bonds is 3. The summed E-state index contributed by atoms with van der Waals surface area (Å²) in [7, 11) is 0. The Hall–Kier alpha value is -0.420. The van der Waals surface area contributed by atoms with E-state index in [1.807, 2.05) is 12.1 Å². The quantitative estimate of drug-likeness (QED) is 0.856. The molecular weight excluding hydrogens is 283 g/mol. The highest BCUT2D eigenvalue weighted by Crippen LogP contribution is 2.30. The van der Waals surface area contributed by atoms with E-state index in [-0.39, 0.29) is 0 Å². The lowest BCUT2D eigenvalue weighted by atomic mass is 10.2. The highest BCUT2D eigenvalue weighted by atomic mass is 35.5. The van der Waals surface area contributed by atoms with Crippen molar-refractivity contribution in [2.24, 2.45) is 0 Å². The Kier molecular flexibility index (Phi) is 3.97. The molecule has 0 spiro atoms. The van der Waals surface area contributed by atoms with E-state index in [1.165, 1.54) is 11.3 Å². The number of halogens is 2. The van der Waals surface area contributed by atoms with Crippen LogP contribution in [0.4, 0.5) is 5.13 Å². The van der Waals surface area contributed by atoms with Gasteiger partial charge in [0.1, 0.15) is 0 Å². The molecule has 1 aromatic carbocycles. The Morgan fingerprint density at radius 1 is 1.25 bits per heavy atom. The van der Waals surface area contributed by atoms with Gasteiger partial charge in [-0.15, -0.1) is 11.8 Å². The maximum absolute atomic E-state index is 5.91. The van der Waals surface area contributed by atoms with Crippen molar-refractivity contribution in [1.29, 1.82) is 0 Å². The second-order valence-electron chi connectivity index (χ2n) is 3.08. The van der Waals surface area contributed by atoms with Crippen LogP contribution in [-0.4, -0.2) is 4.98 Å². The zero-order valence-electron chi connectivity index (χ0n) is 8.11. The molecule has 0 unspecified atom stereocenters. The summed E-state index contributed by atoms with van der Waals surface area (Å²) in [5, 5.41) is 1.91. The van der Waals surface area contributed by atoms with Crippen LogP contribution in [0, 0.1) is 0 Å². The number of thiazole rings is 1. The fourth-order valence-corrected chi connectivity index (χ4v) is 3.45. The van der Waals surface area contributed by atoms with Gasteiger partial charge in [0.25, 0.3) is 0 Å². The van der Waals surface area contributed by atoms with Gasteiger partial charge in [-0.1, -0.05) is 34.5 Å². The van der Waals surface area contributed by atoms with Crippen molar-refractivity contribution >= 4 is 51.4 Å². The van der Waals surface area contributed by atoms with E-state index < -0.39 is 0 Å². The maximum atomic E-state index is 5.91. The van der Waals surface area contributed by atoms with Crippen LogP contribution in [-0.2, 0) is 5.75 Å². The molecule has 0 aliphatic rings. The Labute approximate surface area is 112 Å². The highest BCUT2D eigenvalue weighted by molar-refractivity contribution is 8.00. The molecule has 0 fully saturated rings. The van der Waals surface area contributed by atoms with E-state index in [4.69, 9.17) is 28.9 Å². The van der Waals surface area contributed by atoms with Gasteiger partial charge in [-0.05, 0) is 23.8 Å². The molecule has 0 aliphatic carbocycles. The molecule has 1 heterocycles. The second kappa shape index (κ2) is 5.27. The van der Waals surface area contributed by atoms with Crippen LogP contribution in [0.15, 0.2) is 28.6 Å². The summed E-state index contributed by atoms with van der Waals surface area (Å²) >= 11 is 15.0. The molecule has 0 radical (unpaired) electrons. The highest BCUT2D eigenvalue weighted by Gasteiger charge is 2.02. The largest absolute Gasteiger partial charge is 0.375 e. The average molecular weight is 291 g/mol. The van der Waals surface area contributed by atoms with Crippen molar-refractivity contribution < 1.29 is 0 Å². The van der Waals surface area contributed by atoms with Crippen molar-refractivity contribution in [1.82, 2.24) is 4.98 Å².